The molecule has 0 heterocycles. The fourth-order valence-corrected chi connectivity index (χ4v) is 2.88. The molecule has 3 unspecified atom stereocenters. The van der Waals surface area contributed by atoms with Crippen LogP contribution >= 0.6 is 0 Å². The minimum Gasteiger partial charge on any atom is -0.383 e. The van der Waals surface area contributed by atoms with Gasteiger partial charge in [-0.05, 0) is 24.7 Å². The number of carbonyl (C=O) groups is 1. The van der Waals surface area contributed by atoms with Gasteiger partial charge in [0.15, 0.2) is 0 Å². The van der Waals surface area contributed by atoms with Gasteiger partial charge in [0, 0.05) is 19.6 Å². The highest BCUT2D eigenvalue weighted by molar-refractivity contribution is 5.82. The molecule has 86 valence electrons. The monoisotopic (exact) mass is 212 g/mol. The second-order valence-corrected chi connectivity index (χ2v) is 4.68. The molecule has 15 heavy (non-hydrogen) atoms. The Kier molecular flexibility index (Phi) is 3.26. The van der Waals surface area contributed by atoms with Crippen LogP contribution in [0.25, 0.3) is 0 Å². The van der Waals surface area contributed by atoms with E-state index in [-0.39, 0.29) is 17.9 Å². The molecule has 2 fully saturated rings. The molecule has 0 spiro atoms. The molecule has 0 aromatic rings. The molecule has 4 nitrogen and oxygen atoms in total. The van der Waals surface area contributed by atoms with Crippen molar-refractivity contribution in [2.24, 2.45) is 23.5 Å². The molecule has 3 N–H and O–H groups in total. The first kappa shape index (κ1) is 10.9. The van der Waals surface area contributed by atoms with Crippen LogP contribution in [-0.4, -0.2) is 32.2 Å². The van der Waals surface area contributed by atoms with Crippen LogP contribution < -0.4 is 11.1 Å². The Morgan fingerprint density at radius 2 is 2.20 bits per heavy atom. The highest BCUT2D eigenvalue weighted by Crippen LogP contribution is 2.57. The van der Waals surface area contributed by atoms with Crippen molar-refractivity contribution in [1.82, 2.24) is 5.32 Å². The van der Waals surface area contributed by atoms with Crippen LogP contribution in [0.15, 0.2) is 0 Å². The summed E-state index contributed by atoms with van der Waals surface area (Å²) in [5, 5.41) is 2.97. The number of rotatable bonds is 5. The topological polar surface area (TPSA) is 64.3 Å². The molecule has 0 bridgehead atoms. The van der Waals surface area contributed by atoms with E-state index in [0.717, 1.165) is 0 Å². The summed E-state index contributed by atoms with van der Waals surface area (Å²) in [6.45, 7) is 0.950. The van der Waals surface area contributed by atoms with Crippen molar-refractivity contribution >= 4 is 5.91 Å². The van der Waals surface area contributed by atoms with Crippen LogP contribution in [-0.2, 0) is 9.53 Å². The molecule has 4 heteroatoms. The maximum Gasteiger partial charge on any atom is 0.224 e. The van der Waals surface area contributed by atoms with Crippen molar-refractivity contribution in [3.8, 4) is 0 Å². The first-order valence-corrected chi connectivity index (χ1v) is 5.77. The maximum absolute atomic E-state index is 11.8. The van der Waals surface area contributed by atoms with E-state index in [1.807, 2.05) is 0 Å². The maximum atomic E-state index is 11.8. The number of methoxy groups -OCH3 is 1. The van der Waals surface area contributed by atoms with Crippen molar-refractivity contribution in [2.75, 3.05) is 20.3 Å². The third-order valence-corrected chi connectivity index (χ3v) is 3.71. The third-order valence-electron chi connectivity index (χ3n) is 3.71. The molecule has 3 atom stereocenters. The van der Waals surface area contributed by atoms with Crippen molar-refractivity contribution in [1.29, 1.82) is 0 Å². The lowest BCUT2D eigenvalue weighted by molar-refractivity contribution is -0.124. The third kappa shape index (κ3) is 2.16. The summed E-state index contributed by atoms with van der Waals surface area (Å²) in [4.78, 5) is 11.8. The minimum atomic E-state index is -0.0242. The number of nitrogens with two attached hydrogens (primary N) is 1. The zero-order chi connectivity index (χ0) is 10.8. The predicted octanol–water partition coefficient (Wildman–Crippen LogP) is 0.122. The average molecular weight is 212 g/mol. The van der Waals surface area contributed by atoms with Gasteiger partial charge >= 0.3 is 0 Å². The molecule has 2 aliphatic carbocycles. The summed E-state index contributed by atoms with van der Waals surface area (Å²) >= 11 is 0. The van der Waals surface area contributed by atoms with Gasteiger partial charge in [0.25, 0.3) is 0 Å². The van der Waals surface area contributed by atoms with Crippen LogP contribution in [0, 0.1) is 17.8 Å². The highest BCUT2D eigenvalue weighted by atomic mass is 16.5. The average Bonchev–Trinajstić information content (AvgIpc) is 2.72. The molecule has 2 rings (SSSR count). The molecule has 0 aromatic heterocycles. The molecule has 1 amide bonds. The SMILES string of the molecule is COCC(CN)NC(=O)C1C2CCCC21. The number of ether oxygens (including phenoxy) is 1. The standard InChI is InChI=1S/C11H20N2O2/c1-15-6-7(5-12)13-11(14)10-8-3-2-4-9(8)10/h7-10H,2-6,12H2,1H3,(H,13,14). The number of nitrogens with one attached hydrogen (secondary N) is 1. The Morgan fingerprint density at radius 1 is 1.53 bits per heavy atom. The summed E-state index contributed by atoms with van der Waals surface area (Å²) in [5.41, 5.74) is 5.55. The van der Waals surface area contributed by atoms with E-state index in [1.54, 1.807) is 7.11 Å². The van der Waals surface area contributed by atoms with Gasteiger partial charge in [-0.1, -0.05) is 6.42 Å². The Morgan fingerprint density at radius 3 is 2.73 bits per heavy atom. The van der Waals surface area contributed by atoms with Crippen molar-refractivity contribution in [2.45, 2.75) is 25.3 Å². The first-order chi connectivity index (χ1) is 7.27. The molecular weight excluding hydrogens is 192 g/mol. The van der Waals surface area contributed by atoms with Crippen LogP contribution in [0.1, 0.15) is 19.3 Å². The van der Waals surface area contributed by atoms with Gasteiger partial charge in [0.05, 0.1) is 12.6 Å². The number of carbonyl (C=O) groups excluding carboxylic acids is 1. The fourth-order valence-electron chi connectivity index (χ4n) is 2.88. The lowest BCUT2D eigenvalue weighted by Crippen LogP contribution is -2.44. The zero-order valence-electron chi connectivity index (χ0n) is 9.24. The van der Waals surface area contributed by atoms with Gasteiger partial charge in [-0.15, -0.1) is 0 Å². The lowest BCUT2D eigenvalue weighted by atomic mass is 10.1. The summed E-state index contributed by atoms with van der Waals surface area (Å²) in [7, 11) is 1.63. The molecule has 0 aromatic carbocycles. The van der Waals surface area contributed by atoms with E-state index in [2.05, 4.69) is 5.32 Å². The van der Waals surface area contributed by atoms with Gasteiger partial charge in [-0.2, -0.15) is 0 Å². The number of fused-ring (bicyclic) bond motifs is 1. The second-order valence-electron chi connectivity index (χ2n) is 4.68. The van der Waals surface area contributed by atoms with Crippen LogP contribution in [0.5, 0.6) is 0 Å². The molecule has 0 saturated heterocycles. The van der Waals surface area contributed by atoms with Crippen molar-refractivity contribution in [3.05, 3.63) is 0 Å². The smallest absolute Gasteiger partial charge is 0.224 e. The van der Waals surface area contributed by atoms with Gasteiger partial charge in [0.2, 0.25) is 5.91 Å². The molecular formula is C11H20N2O2. The number of amides is 1. The minimum absolute atomic E-state index is 0.0242. The number of hydrogen-bond donors (Lipinski definition) is 2. The Balaban J connectivity index is 1.77. The predicted molar refractivity (Wildman–Crippen MR) is 57.2 cm³/mol. The van der Waals surface area contributed by atoms with Gasteiger partial charge < -0.3 is 15.8 Å². The molecule has 0 aliphatic heterocycles. The van der Waals surface area contributed by atoms with Crippen molar-refractivity contribution in [3.63, 3.8) is 0 Å². The first-order valence-electron chi connectivity index (χ1n) is 5.77. The highest BCUT2D eigenvalue weighted by Gasteiger charge is 2.56. The normalized spacial score (nSPS) is 34.7. The zero-order valence-corrected chi connectivity index (χ0v) is 9.24. The Hall–Kier alpha value is -0.610. The van der Waals surface area contributed by atoms with Gasteiger partial charge in [0.1, 0.15) is 0 Å². The summed E-state index contributed by atoms with van der Waals surface area (Å²) in [5.74, 6) is 1.82. The Labute approximate surface area is 90.5 Å². The van der Waals surface area contributed by atoms with Gasteiger partial charge in [-0.3, -0.25) is 4.79 Å². The molecule has 2 saturated carbocycles. The van der Waals surface area contributed by atoms with E-state index >= 15 is 0 Å². The fraction of sp³-hybridized carbons (Fsp3) is 0.909. The van der Waals surface area contributed by atoms with Gasteiger partial charge in [-0.25, -0.2) is 0 Å². The van der Waals surface area contributed by atoms with Crippen LogP contribution in [0.3, 0.4) is 0 Å². The van der Waals surface area contributed by atoms with E-state index < -0.39 is 0 Å². The summed E-state index contributed by atoms with van der Waals surface area (Å²) < 4.78 is 5.00. The van der Waals surface area contributed by atoms with E-state index in [1.165, 1.54) is 19.3 Å². The summed E-state index contributed by atoms with van der Waals surface area (Å²) in [6.07, 6.45) is 3.78. The lowest BCUT2D eigenvalue weighted by Gasteiger charge is -2.16. The largest absolute Gasteiger partial charge is 0.383 e. The van der Waals surface area contributed by atoms with Crippen molar-refractivity contribution < 1.29 is 9.53 Å². The van der Waals surface area contributed by atoms with E-state index in [4.69, 9.17) is 10.5 Å². The summed E-state index contributed by atoms with van der Waals surface area (Å²) in [6, 6.07) is -0.0242. The Bertz CT molecular complexity index is 235. The molecule has 2 aliphatic rings. The molecule has 0 radical (unpaired) electrons. The van der Waals surface area contributed by atoms with Crippen LogP contribution in [0.4, 0.5) is 0 Å². The second kappa shape index (κ2) is 4.49. The number of hydrogen-bond acceptors (Lipinski definition) is 3. The quantitative estimate of drug-likeness (QED) is 0.680. The van der Waals surface area contributed by atoms with E-state index in [0.29, 0.717) is 25.0 Å². The van der Waals surface area contributed by atoms with Crippen LogP contribution in [0.2, 0.25) is 0 Å². The van der Waals surface area contributed by atoms with E-state index in [9.17, 15) is 4.79 Å².